The van der Waals surface area contributed by atoms with Gasteiger partial charge in [0.15, 0.2) is 0 Å². The van der Waals surface area contributed by atoms with Crippen molar-refractivity contribution in [2.75, 3.05) is 37.9 Å². The number of hydrazone groups is 1. The summed E-state index contributed by atoms with van der Waals surface area (Å²) >= 11 is 0. The van der Waals surface area contributed by atoms with Crippen LogP contribution in [0.2, 0.25) is 0 Å². The number of halogens is 3. The van der Waals surface area contributed by atoms with Crippen LogP contribution in [0.3, 0.4) is 0 Å². The van der Waals surface area contributed by atoms with E-state index in [0.29, 0.717) is 55.4 Å². The molecule has 13 heteroatoms. The van der Waals surface area contributed by atoms with Crippen molar-refractivity contribution in [3.05, 3.63) is 52.9 Å². The van der Waals surface area contributed by atoms with E-state index in [1.165, 1.54) is 5.01 Å². The standard InChI is InChI=1S/C21H23N5O3.C2HF3O2/c1-21(2)11-16-17(12-22)19(23)26(24-18(16)13-29-21)15-5-3-14(4-6-15)20(27)25-7-9-28-10-8-25;3-2(4,5)1(6)7/h3-6,11H,7-10,13,23H2,1-2H3;(H,6,7). The number of nitrogens with zero attached hydrogens (tertiary/aromatic N) is 4. The molecule has 192 valence electrons. The quantitative estimate of drug-likeness (QED) is 0.622. The monoisotopic (exact) mass is 507 g/mol. The number of ether oxygens (including phenoxy) is 2. The minimum atomic E-state index is -5.08. The lowest BCUT2D eigenvalue weighted by Crippen LogP contribution is -2.40. The van der Waals surface area contributed by atoms with E-state index in [-0.39, 0.29) is 11.7 Å². The number of hydrogen-bond donors (Lipinski definition) is 2. The maximum absolute atomic E-state index is 12.6. The Kier molecular flexibility index (Phi) is 7.71. The van der Waals surface area contributed by atoms with Gasteiger partial charge in [0.2, 0.25) is 0 Å². The zero-order chi connectivity index (χ0) is 26.7. The highest BCUT2D eigenvalue weighted by Crippen LogP contribution is 2.32. The first-order chi connectivity index (χ1) is 16.8. The van der Waals surface area contributed by atoms with Gasteiger partial charge < -0.3 is 25.2 Å². The fourth-order valence-corrected chi connectivity index (χ4v) is 3.53. The predicted molar refractivity (Wildman–Crippen MR) is 122 cm³/mol. The van der Waals surface area contributed by atoms with E-state index < -0.39 is 17.7 Å². The van der Waals surface area contributed by atoms with Crippen LogP contribution < -0.4 is 10.7 Å². The molecule has 3 aliphatic rings. The molecule has 36 heavy (non-hydrogen) atoms. The SMILES string of the molecule is CC1(C)C=C2C(=NN(c3ccc(C(=O)N4CCOCC4)cc3)C(N)=C2C#N)CO1.O=C(O)C(F)(F)F. The smallest absolute Gasteiger partial charge is 0.475 e. The van der Waals surface area contributed by atoms with Crippen molar-refractivity contribution in [3.8, 4) is 6.07 Å². The molecule has 3 aliphatic heterocycles. The normalized spacial score (nSPS) is 19.2. The van der Waals surface area contributed by atoms with Crippen LogP contribution in [0.4, 0.5) is 18.9 Å². The third kappa shape index (κ3) is 6.02. The molecule has 0 aliphatic carbocycles. The minimum absolute atomic E-state index is 0.0285. The number of anilines is 1. The van der Waals surface area contributed by atoms with Gasteiger partial charge in [0, 0.05) is 24.2 Å². The fourth-order valence-electron chi connectivity index (χ4n) is 3.53. The van der Waals surface area contributed by atoms with Crippen molar-refractivity contribution in [3.63, 3.8) is 0 Å². The Morgan fingerprint density at radius 1 is 1.19 bits per heavy atom. The van der Waals surface area contributed by atoms with Gasteiger partial charge in [-0.25, -0.2) is 9.80 Å². The van der Waals surface area contributed by atoms with Crippen LogP contribution in [0.15, 0.2) is 52.4 Å². The van der Waals surface area contributed by atoms with E-state index in [4.69, 9.17) is 25.1 Å². The number of carbonyl (C=O) groups is 2. The summed E-state index contributed by atoms with van der Waals surface area (Å²) in [6, 6.07) is 9.26. The molecular formula is C23H24F3N5O5. The Morgan fingerprint density at radius 3 is 2.31 bits per heavy atom. The molecule has 1 amide bonds. The van der Waals surface area contributed by atoms with Gasteiger partial charge in [-0.05, 0) is 44.2 Å². The Morgan fingerprint density at radius 2 is 1.78 bits per heavy atom. The second kappa shape index (κ2) is 10.4. The van der Waals surface area contributed by atoms with Crippen LogP contribution in [0.5, 0.6) is 0 Å². The van der Waals surface area contributed by atoms with E-state index in [2.05, 4.69) is 11.2 Å². The molecule has 1 aromatic carbocycles. The number of rotatable bonds is 2. The van der Waals surface area contributed by atoms with Gasteiger partial charge in [-0.15, -0.1) is 0 Å². The van der Waals surface area contributed by atoms with Crippen molar-refractivity contribution in [2.24, 2.45) is 10.8 Å². The lowest BCUT2D eigenvalue weighted by atomic mass is 9.92. The molecule has 0 radical (unpaired) electrons. The van der Waals surface area contributed by atoms with Crippen molar-refractivity contribution in [1.29, 1.82) is 5.26 Å². The maximum Gasteiger partial charge on any atom is 0.490 e. The number of amides is 1. The van der Waals surface area contributed by atoms with Crippen molar-refractivity contribution in [2.45, 2.75) is 25.6 Å². The van der Waals surface area contributed by atoms with Crippen LogP contribution in [0.1, 0.15) is 24.2 Å². The van der Waals surface area contributed by atoms with E-state index in [1.54, 1.807) is 29.2 Å². The van der Waals surface area contributed by atoms with Gasteiger partial charge in [-0.1, -0.05) is 0 Å². The number of nitrogens with two attached hydrogens (primary N) is 1. The Hall–Kier alpha value is -3.89. The summed E-state index contributed by atoms with van der Waals surface area (Å²) in [5, 5.41) is 22.9. The van der Waals surface area contributed by atoms with Crippen LogP contribution in [0, 0.1) is 11.3 Å². The Labute approximate surface area is 204 Å². The molecule has 0 aromatic heterocycles. The molecule has 0 spiro atoms. The molecule has 3 N–H and O–H groups in total. The van der Waals surface area contributed by atoms with Gasteiger partial charge >= 0.3 is 12.1 Å². The number of allylic oxidation sites excluding steroid dienone is 1. The highest BCUT2D eigenvalue weighted by atomic mass is 19.4. The van der Waals surface area contributed by atoms with Crippen LogP contribution in [-0.2, 0) is 14.3 Å². The molecule has 0 saturated carbocycles. The number of fused-ring (bicyclic) bond motifs is 1. The molecule has 0 atom stereocenters. The molecule has 0 unspecified atom stereocenters. The number of carboxylic acid groups (broad SMARTS) is 1. The highest BCUT2D eigenvalue weighted by molar-refractivity contribution is 6.08. The molecule has 1 saturated heterocycles. The Balaban J connectivity index is 0.000000454. The number of aliphatic carboxylic acids is 1. The summed E-state index contributed by atoms with van der Waals surface area (Å²) in [5.74, 6) is -2.53. The number of nitriles is 1. The molecule has 3 heterocycles. The largest absolute Gasteiger partial charge is 0.490 e. The van der Waals surface area contributed by atoms with Gasteiger partial charge in [0.25, 0.3) is 5.91 Å². The van der Waals surface area contributed by atoms with E-state index in [9.17, 15) is 23.2 Å². The van der Waals surface area contributed by atoms with Gasteiger partial charge in [0.1, 0.15) is 17.5 Å². The van der Waals surface area contributed by atoms with E-state index in [1.807, 2.05) is 19.9 Å². The molecular weight excluding hydrogens is 483 g/mol. The number of alkyl halides is 3. The topological polar surface area (TPSA) is 141 Å². The first-order valence-corrected chi connectivity index (χ1v) is 10.8. The molecule has 1 aromatic rings. The first kappa shape index (κ1) is 26.7. The van der Waals surface area contributed by atoms with Gasteiger partial charge in [0.05, 0.1) is 36.8 Å². The zero-order valence-corrected chi connectivity index (χ0v) is 19.5. The number of carboxylic acids is 1. The number of benzene rings is 1. The van der Waals surface area contributed by atoms with E-state index in [0.717, 1.165) is 5.57 Å². The second-order valence-electron chi connectivity index (χ2n) is 8.44. The zero-order valence-electron chi connectivity index (χ0n) is 19.5. The Bertz CT molecular complexity index is 1160. The summed E-state index contributed by atoms with van der Waals surface area (Å²) in [7, 11) is 0. The summed E-state index contributed by atoms with van der Waals surface area (Å²) in [4.78, 5) is 23.3. The lowest BCUT2D eigenvalue weighted by molar-refractivity contribution is -0.192. The maximum atomic E-state index is 12.6. The van der Waals surface area contributed by atoms with Crippen LogP contribution in [0.25, 0.3) is 0 Å². The van der Waals surface area contributed by atoms with Crippen molar-refractivity contribution < 1.29 is 37.3 Å². The number of hydrogen-bond acceptors (Lipinski definition) is 8. The second-order valence-corrected chi connectivity index (χ2v) is 8.44. The third-order valence-electron chi connectivity index (χ3n) is 5.37. The van der Waals surface area contributed by atoms with Crippen molar-refractivity contribution >= 4 is 23.3 Å². The summed E-state index contributed by atoms with van der Waals surface area (Å²) in [5.41, 5.74) is 8.81. The average Bonchev–Trinajstić information content (AvgIpc) is 2.83. The van der Waals surface area contributed by atoms with Crippen molar-refractivity contribution in [1.82, 2.24) is 4.90 Å². The predicted octanol–water partition coefficient (Wildman–Crippen LogP) is 2.40. The molecule has 4 rings (SSSR count). The number of carbonyl (C=O) groups excluding carboxylic acids is 1. The van der Waals surface area contributed by atoms with E-state index >= 15 is 0 Å². The molecule has 1 fully saturated rings. The third-order valence-corrected chi connectivity index (χ3v) is 5.37. The van der Waals surface area contributed by atoms with Crippen LogP contribution in [-0.4, -0.2) is 72.3 Å². The fraction of sp³-hybridized carbons (Fsp3) is 0.391. The molecule has 10 nitrogen and oxygen atoms in total. The molecule has 0 bridgehead atoms. The first-order valence-electron chi connectivity index (χ1n) is 10.8. The van der Waals surface area contributed by atoms with Gasteiger partial charge in [-0.2, -0.15) is 23.5 Å². The van der Waals surface area contributed by atoms with Gasteiger partial charge in [-0.3, -0.25) is 4.79 Å². The van der Waals surface area contributed by atoms with Crippen LogP contribution >= 0.6 is 0 Å². The lowest BCUT2D eigenvalue weighted by Gasteiger charge is -2.34. The average molecular weight is 507 g/mol. The highest BCUT2D eigenvalue weighted by Gasteiger charge is 2.38. The summed E-state index contributed by atoms with van der Waals surface area (Å²) in [6.07, 6.45) is -3.21. The minimum Gasteiger partial charge on any atom is -0.475 e. The number of morpholine rings is 1. The summed E-state index contributed by atoms with van der Waals surface area (Å²) in [6.45, 7) is 6.45. The summed E-state index contributed by atoms with van der Waals surface area (Å²) < 4.78 is 42.8.